The highest BCUT2D eigenvalue weighted by Crippen LogP contribution is 2.15. The smallest absolute Gasteiger partial charge is 0.272 e. The third-order valence-electron chi connectivity index (χ3n) is 3.27. The predicted molar refractivity (Wildman–Crippen MR) is 78.9 cm³/mol. The van der Waals surface area contributed by atoms with Gasteiger partial charge in [-0.1, -0.05) is 6.92 Å². The molecule has 0 aliphatic carbocycles. The van der Waals surface area contributed by atoms with Crippen molar-refractivity contribution in [3.63, 3.8) is 0 Å². The minimum Gasteiger partial charge on any atom is -0.385 e. The Hall–Kier alpha value is -1.62. The van der Waals surface area contributed by atoms with E-state index in [2.05, 4.69) is 17.2 Å². The highest BCUT2D eigenvalue weighted by atomic mass is 16.5. The summed E-state index contributed by atoms with van der Waals surface area (Å²) in [4.78, 5) is 18.5. The van der Waals surface area contributed by atoms with Gasteiger partial charge >= 0.3 is 0 Å². The zero-order valence-corrected chi connectivity index (χ0v) is 12.4. The van der Waals surface area contributed by atoms with Gasteiger partial charge in [0.25, 0.3) is 5.91 Å². The van der Waals surface area contributed by atoms with E-state index in [1.807, 2.05) is 30.9 Å². The minimum absolute atomic E-state index is 0.0212. The van der Waals surface area contributed by atoms with E-state index in [0.29, 0.717) is 18.8 Å². The van der Waals surface area contributed by atoms with E-state index in [-0.39, 0.29) is 18.1 Å². The summed E-state index contributed by atoms with van der Waals surface area (Å²) in [7, 11) is 0. The van der Waals surface area contributed by atoms with Crippen molar-refractivity contribution in [1.29, 1.82) is 0 Å². The minimum atomic E-state index is -0.0212. The van der Waals surface area contributed by atoms with Gasteiger partial charge in [0.15, 0.2) is 0 Å². The second kappa shape index (κ2) is 6.70. The molecule has 0 radical (unpaired) electrons. The highest BCUT2D eigenvalue weighted by Gasteiger charge is 2.27. The summed E-state index contributed by atoms with van der Waals surface area (Å²) in [5.74, 6) is -0.0212. The first-order chi connectivity index (χ1) is 9.60. The molecular weight excluding hydrogens is 254 g/mol. The SMILES string of the molecule is CCCNc1ccnc(C(=O)N2C[C@@H](C)O[C@@H](C)C2)c1. The molecule has 0 aromatic carbocycles. The molecule has 1 aromatic heterocycles. The molecule has 2 rings (SSSR count). The summed E-state index contributed by atoms with van der Waals surface area (Å²) < 4.78 is 5.65. The number of nitrogens with one attached hydrogen (secondary N) is 1. The third kappa shape index (κ3) is 3.70. The molecule has 0 unspecified atom stereocenters. The van der Waals surface area contributed by atoms with E-state index in [0.717, 1.165) is 18.7 Å². The molecule has 20 heavy (non-hydrogen) atoms. The molecule has 1 fully saturated rings. The van der Waals surface area contributed by atoms with E-state index in [4.69, 9.17) is 4.74 Å². The first-order valence-electron chi connectivity index (χ1n) is 7.24. The van der Waals surface area contributed by atoms with E-state index in [1.54, 1.807) is 6.20 Å². The van der Waals surface area contributed by atoms with Gasteiger partial charge in [0, 0.05) is 31.5 Å². The molecule has 1 aromatic rings. The summed E-state index contributed by atoms with van der Waals surface area (Å²) in [6.45, 7) is 8.22. The van der Waals surface area contributed by atoms with Crippen LogP contribution in [-0.2, 0) is 4.74 Å². The van der Waals surface area contributed by atoms with Crippen LogP contribution in [0.2, 0.25) is 0 Å². The maximum atomic E-state index is 12.5. The number of nitrogens with zero attached hydrogens (tertiary/aromatic N) is 2. The molecule has 1 N–H and O–H groups in total. The molecular formula is C15H23N3O2. The Morgan fingerprint density at radius 2 is 2.15 bits per heavy atom. The van der Waals surface area contributed by atoms with Gasteiger partial charge in [0.05, 0.1) is 12.2 Å². The number of hydrogen-bond acceptors (Lipinski definition) is 4. The van der Waals surface area contributed by atoms with Crippen LogP contribution in [-0.4, -0.2) is 47.6 Å². The number of amides is 1. The van der Waals surface area contributed by atoms with Crippen molar-refractivity contribution in [3.8, 4) is 0 Å². The van der Waals surface area contributed by atoms with Gasteiger partial charge in [-0.3, -0.25) is 9.78 Å². The molecule has 2 atom stereocenters. The van der Waals surface area contributed by atoms with Crippen LogP contribution in [0.5, 0.6) is 0 Å². The number of aromatic nitrogens is 1. The Balaban J connectivity index is 2.08. The Morgan fingerprint density at radius 1 is 1.45 bits per heavy atom. The van der Waals surface area contributed by atoms with Crippen LogP contribution in [0.1, 0.15) is 37.7 Å². The molecule has 0 saturated carbocycles. The average molecular weight is 277 g/mol. The Labute approximate surface area is 120 Å². The number of carbonyl (C=O) groups excluding carboxylic acids is 1. The fourth-order valence-corrected chi connectivity index (χ4v) is 2.43. The zero-order chi connectivity index (χ0) is 14.5. The summed E-state index contributed by atoms with van der Waals surface area (Å²) in [5.41, 5.74) is 1.44. The fraction of sp³-hybridized carbons (Fsp3) is 0.600. The van der Waals surface area contributed by atoms with Crippen molar-refractivity contribution in [2.45, 2.75) is 39.4 Å². The van der Waals surface area contributed by atoms with E-state index in [9.17, 15) is 4.79 Å². The number of carbonyl (C=O) groups is 1. The molecule has 1 aliphatic rings. The second-order valence-corrected chi connectivity index (χ2v) is 5.32. The van der Waals surface area contributed by atoms with Gasteiger partial charge in [-0.25, -0.2) is 0 Å². The molecule has 1 amide bonds. The van der Waals surface area contributed by atoms with Gasteiger partial charge in [-0.15, -0.1) is 0 Å². The number of morpholine rings is 1. The zero-order valence-electron chi connectivity index (χ0n) is 12.4. The van der Waals surface area contributed by atoms with Gasteiger partial charge < -0.3 is 15.0 Å². The molecule has 5 heteroatoms. The van der Waals surface area contributed by atoms with Crippen LogP contribution in [0.3, 0.4) is 0 Å². The van der Waals surface area contributed by atoms with E-state index < -0.39 is 0 Å². The predicted octanol–water partition coefficient (Wildman–Crippen LogP) is 2.15. The van der Waals surface area contributed by atoms with Crippen LogP contribution < -0.4 is 5.32 Å². The van der Waals surface area contributed by atoms with Crippen LogP contribution in [0.25, 0.3) is 0 Å². The van der Waals surface area contributed by atoms with Crippen molar-refractivity contribution in [3.05, 3.63) is 24.0 Å². The van der Waals surface area contributed by atoms with Gasteiger partial charge in [0.1, 0.15) is 5.69 Å². The molecule has 0 spiro atoms. The van der Waals surface area contributed by atoms with Gasteiger partial charge in [0.2, 0.25) is 0 Å². The quantitative estimate of drug-likeness (QED) is 0.916. The lowest BCUT2D eigenvalue weighted by Crippen LogP contribution is -2.48. The molecule has 1 saturated heterocycles. The average Bonchev–Trinajstić information content (AvgIpc) is 2.43. The first-order valence-corrected chi connectivity index (χ1v) is 7.24. The lowest BCUT2D eigenvalue weighted by molar-refractivity contribution is -0.0587. The molecule has 1 aliphatic heterocycles. The summed E-state index contributed by atoms with van der Waals surface area (Å²) in [6.07, 6.45) is 2.87. The topological polar surface area (TPSA) is 54.5 Å². The maximum Gasteiger partial charge on any atom is 0.272 e. The molecule has 0 bridgehead atoms. The summed E-state index contributed by atoms with van der Waals surface area (Å²) in [6, 6.07) is 3.71. The van der Waals surface area contributed by atoms with E-state index >= 15 is 0 Å². The van der Waals surface area contributed by atoms with E-state index in [1.165, 1.54) is 0 Å². The molecule has 110 valence electrons. The monoisotopic (exact) mass is 277 g/mol. The van der Waals surface area contributed by atoms with Crippen LogP contribution in [0.4, 0.5) is 5.69 Å². The Kier molecular flexibility index (Phi) is 4.95. The number of anilines is 1. The standard InChI is InChI=1S/C15H23N3O2/c1-4-6-16-13-5-7-17-14(8-13)15(19)18-9-11(2)20-12(3)10-18/h5,7-8,11-12H,4,6,9-10H2,1-3H3,(H,16,17)/t11-,12+. The maximum absolute atomic E-state index is 12.5. The molecule has 2 heterocycles. The Morgan fingerprint density at radius 3 is 2.80 bits per heavy atom. The van der Waals surface area contributed by atoms with Crippen molar-refractivity contribution >= 4 is 11.6 Å². The van der Waals surface area contributed by atoms with Crippen molar-refractivity contribution in [2.24, 2.45) is 0 Å². The molecule has 5 nitrogen and oxygen atoms in total. The number of hydrogen-bond donors (Lipinski definition) is 1. The Bertz CT molecular complexity index is 454. The number of pyridine rings is 1. The van der Waals surface area contributed by atoms with Gasteiger partial charge in [-0.2, -0.15) is 0 Å². The van der Waals surface area contributed by atoms with Crippen LogP contribution in [0.15, 0.2) is 18.3 Å². The van der Waals surface area contributed by atoms with Crippen molar-refractivity contribution in [1.82, 2.24) is 9.88 Å². The lowest BCUT2D eigenvalue weighted by atomic mass is 10.2. The lowest BCUT2D eigenvalue weighted by Gasteiger charge is -2.35. The van der Waals surface area contributed by atoms with Crippen LogP contribution in [0, 0.1) is 0 Å². The van der Waals surface area contributed by atoms with Crippen molar-refractivity contribution < 1.29 is 9.53 Å². The fourth-order valence-electron chi connectivity index (χ4n) is 2.43. The summed E-state index contributed by atoms with van der Waals surface area (Å²) >= 11 is 0. The van der Waals surface area contributed by atoms with Gasteiger partial charge in [-0.05, 0) is 32.4 Å². The van der Waals surface area contributed by atoms with Crippen LogP contribution >= 0.6 is 0 Å². The number of ether oxygens (including phenoxy) is 1. The largest absolute Gasteiger partial charge is 0.385 e. The third-order valence-corrected chi connectivity index (χ3v) is 3.27. The second-order valence-electron chi connectivity index (χ2n) is 5.32. The first kappa shape index (κ1) is 14.8. The number of rotatable bonds is 4. The normalized spacial score (nSPS) is 22.6. The highest BCUT2D eigenvalue weighted by molar-refractivity contribution is 5.93. The van der Waals surface area contributed by atoms with Crippen molar-refractivity contribution in [2.75, 3.05) is 25.0 Å². The summed E-state index contributed by atoms with van der Waals surface area (Å²) in [5, 5.41) is 3.27.